The number of carbonyl (C=O) groups excluding carboxylic acids is 1. The minimum absolute atomic E-state index is 0.0957. The Morgan fingerprint density at radius 2 is 2.28 bits per heavy atom. The number of thiophene rings is 1. The van der Waals surface area contributed by atoms with E-state index in [1.165, 1.54) is 11.3 Å². The van der Waals surface area contributed by atoms with Gasteiger partial charge in [-0.05, 0) is 25.5 Å². The largest absolute Gasteiger partial charge is 0.397 e. The van der Waals surface area contributed by atoms with Crippen LogP contribution in [0.25, 0.3) is 10.2 Å². The van der Waals surface area contributed by atoms with Crippen molar-refractivity contribution in [3.05, 3.63) is 22.7 Å². The lowest BCUT2D eigenvalue weighted by Gasteiger charge is -2.02. The van der Waals surface area contributed by atoms with Gasteiger partial charge < -0.3 is 11.1 Å². The molecule has 3 N–H and O–H groups in total. The second-order valence-electron chi connectivity index (χ2n) is 4.26. The van der Waals surface area contributed by atoms with Gasteiger partial charge in [0.25, 0.3) is 5.91 Å². The second-order valence-corrected chi connectivity index (χ2v) is 5.26. The fraction of sp³-hybridized carbons (Fsp3) is 0.385. The van der Waals surface area contributed by atoms with Gasteiger partial charge in [-0.15, -0.1) is 11.3 Å². The molecule has 0 atom stereocenters. The van der Waals surface area contributed by atoms with Gasteiger partial charge in [-0.2, -0.15) is 0 Å². The van der Waals surface area contributed by atoms with E-state index in [2.05, 4.69) is 17.2 Å². The minimum Gasteiger partial charge on any atom is -0.397 e. The van der Waals surface area contributed by atoms with Crippen molar-refractivity contribution in [1.82, 2.24) is 10.3 Å². The summed E-state index contributed by atoms with van der Waals surface area (Å²) in [5.74, 6) is -0.0957. The van der Waals surface area contributed by atoms with Crippen LogP contribution in [0.5, 0.6) is 0 Å². The van der Waals surface area contributed by atoms with Crippen LogP contribution in [0.2, 0.25) is 0 Å². The molecule has 96 valence electrons. The Hall–Kier alpha value is -1.62. The highest BCUT2D eigenvalue weighted by molar-refractivity contribution is 7.21. The van der Waals surface area contributed by atoms with E-state index in [1.54, 1.807) is 0 Å². The molecule has 0 aliphatic carbocycles. The Labute approximate surface area is 110 Å². The van der Waals surface area contributed by atoms with Crippen LogP contribution in [0.3, 0.4) is 0 Å². The number of pyridine rings is 1. The monoisotopic (exact) mass is 263 g/mol. The van der Waals surface area contributed by atoms with Crippen molar-refractivity contribution in [2.45, 2.75) is 26.7 Å². The molecule has 5 heteroatoms. The SMILES string of the molecule is CCCCNC(=O)c1sc2nc(C)ccc2c1N. The highest BCUT2D eigenvalue weighted by Crippen LogP contribution is 2.32. The number of hydrogen-bond acceptors (Lipinski definition) is 4. The number of nitrogen functional groups attached to an aromatic ring is 1. The molecular formula is C13H17N3OS. The van der Waals surface area contributed by atoms with Gasteiger partial charge in [-0.1, -0.05) is 13.3 Å². The predicted octanol–water partition coefficient (Wildman–Crippen LogP) is 2.72. The Balaban J connectivity index is 2.28. The van der Waals surface area contributed by atoms with Crippen molar-refractivity contribution >= 4 is 33.1 Å². The number of nitrogens with two attached hydrogens (primary N) is 1. The summed E-state index contributed by atoms with van der Waals surface area (Å²) in [5, 5.41) is 3.75. The van der Waals surface area contributed by atoms with Crippen LogP contribution < -0.4 is 11.1 Å². The number of nitrogens with one attached hydrogen (secondary N) is 1. The maximum Gasteiger partial charge on any atom is 0.263 e. The molecule has 0 aliphatic rings. The first-order chi connectivity index (χ1) is 8.63. The molecule has 1 amide bonds. The number of fused-ring (bicyclic) bond motifs is 1. The van der Waals surface area contributed by atoms with Crippen molar-refractivity contribution in [2.24, 2.45) is 0 Å². The van der Waals surface area contributed by atoms with Crippen LogP contribution in [-0.4, -0.2) is 17.4 Å². The maximum absolute atomic E-state index is 12.0. The Bertz CT molecular complexity index is 577. The summed E-state index contributed by atoms with van der Waals surface area (Å²) in [4.78, 5) is 17.8. The smallest absolute Gasteiger partial charge is 0.263 e. The van der Waals surface area contributed by atoms with Crippen molar-refractivity contribution in [3.8, 4) is 0 Å². The Morgan fingerprint density at radius 3 is 3.00 bits per heavy atom. The summed E-state index contributed by atoms with van der Waals surface area (Å²) in [7, 11) is 0. The molecule has 4 nitrogen and oxygen atoms in total. The number of hydrogen-bond donors (Lipinski definition) is 2. The van der Waals surface area contributed by atoms with E-state index in [0.29, 0.717) is 17.1 Å². The van der Waals surface area contributed by atoms with Crippen LogP contribution in [0, 0.1) is 6.92 Å². The van der Waals surface area contributed by atoms with Crippen LogP contribution >= 0.6 is 11.3 Å². The molecule has 18 heavy (non-hydrogen) atoms. The van der Waals surface area contributed by atoms with Crippen LogP contribution in [-0.2, 0) is 0 Å². The Morgan fingerprint density at radius 1 is 1.50 bits per heavy atom. The van der Waals surface area contributed by atoms with Gasteiger partial charge in [0.15, 0.2) is 0 Å². The topological polar surface area (TPSA) is 68.0 Å². The average Bonchev–Trinajstić information content (AvgIpc) is 2.66. The summed E-state index contributed by atoms with van der Waals surface area (Å²) in [5.41, 5.74) is 7.47. The van der Waals surface area contributed by atoms with Crippen molar-refractivity contribution in [1.29, 1.82) is 0 Å². The quantitative estimate of drug-likeness (QED) is 0.833. The van der Waals surface area contributed by atoms with Crippen molar-refractivity contribution < 1.29 is 4.79 Å². The molecule has 2 rings (SSSR count). The zero-order valence-corrected chi connectivity index (χ0v) is 11.4. The van der Waals surface area contributed by atoms with Crippen molar-refractivity contribution in [2.75, 3.05) is 12.3 Å². The molecule has 0 saturated heterocycles. The molecule has 0 saturated carbocycles. The molecular weight excluding hydrogens is 246 g/mol. The second kappa shape index (κ2) is 5.35. The molecule has 2 aromatic rings. The zero-order valence-electron chi connectivity index (χ0n) is 10.6. The first kappa shape index (κ1) is 12.8. The predicted molar refractivity (Wildman–Crippen MR) is 76.0 cm³/mol. The van der Waals surface area contributed by atoms with Crippen LogP contribution in [0.1, 0.15) is 35.1 Å². The van der Waals surface area contributed by atoms with Crippen molar-refractivity contribution in [3.63, 3.8) is 0 Å². The van der Waals surface area contributed by atoms with E-state index in [0.717, 1.165) is 28.8 Å². The minimum atomic E-state index is -0.0957. The van der Waals surface area contributed by atoms with Crippen LogP contribution in [0.15, 0.2) is 12.1 Å². The molecule has 2 heterocycles. The van der Waals surface area contributed by atoms with Gasteiger partial charge in [0.1, 0.15) is 9.71 Å². The third-order valence-corrected chi connectivity index (χ3v) is 3.87. The molecule has 0 spiro atoms. The van der Waals surface area contributed by atoms with Gasteiger partial charge in [0.2, 0.25) is 0 Å². The highest BCUT2D eigenvalue weighted by Gasteiger charge is 2.16. The number of carbonyl (C=O) groups is 1. The van der Waals surface area contributed by atoms with Gasteiger partial charge in [0, 0.05) is 17.6 Å². The third kappa shape index (κ3) is 2.46. The van der Waals surface area contributed by atoms with Gasteiger partial charge >= 0.3 is 0 Å². The number of aryl methyl sites for hydroxylation is 1. The number of anilines is 1. The van der Waals surface area contributed by atoms with Gasteiger partial charge in [-0.25, -0.2) is 4.98 Å². The summed E-state index contributed by atoms with van der Waals surface area (Å²) in [6.07, 6.45) is 2.04. The molecule has 0 aliphatic heterocycles. The first-order valence-corrected chi connectivity index (χ1v) is 6.89. The fourth-order valence-electron chi connectivity index (χ4n) is 1.72. The lowest BCUT2D eigenvalue weighted by Crippen LogP contribution is -2.24. The maximum atomic E-state index is 12.0. The first-order valence-electron chi connectivity index (χ1n) is 6.07. The normalized spacial score (nSPS) is 10.8. The molecule has 2 aromatic heterocycles. The standard InChI is InChI=1S/C13H17N3OS/c1-3-4-7-15-12(17)11-10(14)9-6-5-8(2)16-13(9)18-11/h5-6H,3-4,7,14H2,1-2H3,(H,15,17). The van der Waals surface area contributed by atoms with E-state index in [9.17, 15) is 4.79 Å². The highest BCUT2D eigenvalue weighted by atomic mass is 32.1. The number of amides is 1. The number of nitrogens with zero attached hydrogens (tertiary/aromatic N) is 1. The molecule has 0 aromatic carbocycles. The lowest BCUT2D eigenvalue weighted by atomic mass is 10.2. The van der Waals surface area contributed by atoms with Gasteiger partial charge in [0.05, 0.1) is 5.69 Å². The summed E-state index contributed by atoms with van der Waals surface area (Å²) in [6, 6.07) is 3.83. The summed E-state index contributed by atoms with van der Waals surface area (Å²) in [6.45, 7) is 4.71. The Kier molecular flexibility index (Phi) is 3.81. The molecule has 0 bridgehead atoms. The molecule has 0 unspecified atom stereocenters. The van der Waals surface area contributed by atoms with Crippen LogP contribution in [0.4, 0.5) is 5.69 Å². The van der Waals surface area contributed by atoms with E-state index in [4.69, 9.17) is 5.73 Å². The molecule has 0 radical (unpaired) electrons. The number of aromatic nitrogens is 1. The lowest BCUT2D eigenvalue weighted by molar-refractivity contribution is 0.0958. The number of rotatable bonds is 4. The van der Waals surface area contributed by atoms with E-state index >= 15 is 0 Å². The average molecular weight is 263 g/mol. The molecule has 0 fully saturated rings. The fourth-order valence-corrected chi connectivity index (χ4v) is 2.77. The van der Waals surface area contributed by atoms with E-state index < -0.39 is 0 Å². The number of unbranched alkanes of at least 4 members (excludes halogenated alkanes) is 1. The van der Waals surface area contributed by atoms with E-state index in [-0.39, 0.29) is 5.91 Å². The van der Waals surface area contributed by atoms with E-state index in [1.807, 2.05) is 19.1 Å². The summed E-state index contributed by atoms with van der Waals surface area (Å²) < 4.78 is 0. The third-order valence-electron chi connectivity index (χ3n) is 2.76. The summed E-state index contributed by atoms with van der Waals surface area (Å²) >= 11 is 1.36. The van der Waals surface area contributed by atoms with Gasteiger partial charge in [-0.3, -0.25) is 4.79 Å². The zero-order chi connectivity index (χ0) is 13.1.